The summed E-state index contributed by atoms with van der Waals surface area (Å²) in [5.41, 5.74) is 0. The highest BCUT2D eigenvalue weighted by molar-refractivity contribution is 5.68. The Bertz CT molecular complexity index is 113. The zero-order valence-electron chi connectivity index (χ0n) is 4.05. The lowest BCUT2D eigenvalue weighted by atomic mass is 10.9. The average molecular weight is 141 g/mol. The molecule has 2 amide bonds. The summed E-state index contributed by atoms with van der Waals surface area (Å²) in [7, 11) is 0. The van der Waals surface area contributed by atoms with Gasteiger partial charge in [-0.25, -0.2) is 0 Å². The van der Waals surface area contributed by atoms with Crippen LogP contribution >= 0.6 is 0 Å². The highest BCUT2D eigenvalue weighted by atomic mass is 19.4. The van der Waals surface area contributed by atoms with Crippen molar-refractivity contribution >= 4 is 12.8 Å². The Labute approximate surface area is 48.0 Å². The van der Waals surface area contributed by atoms with Crippen LogP contribution in [0.2, 0.25) is 0 Å². The number of imide groups is 1. The fraction of sp³-hybridized carbons (Fsp3) is 0.333. The van der Waals surface area contributed by atoms with Crippen LogP contribution in [0.5, 0.6) is 0 Å². The van der Waals surface area contributed by atoms with Gasteiger partial charge in [0, 0.05) is 0 Å². The second kappa shape index (κ2) is 2.47. The number of halogens is 3. The van der Waals surface area contributed by atoms with Crippen LogP contribution in [0.15, 0.2) is 0 Å². The number of amides is 2. The molecular formula is C3H2F3NO2. The lowest BCUT2D eigenvalue weighted by Gasteiger charge is -2.10. The number of nitrogens with zero attached hydrogens (tertiary/aromatic N) is 1. The van der Waals surface area contributed by atoms with Gasteiger partial charge in [-0.3, -0.25) is 9.59 Å². The molecule has 0 atom stereocenters. The van der Waals surface area contributed by atoms with E-state index in [4.69, 9.17) is 0 Å². The molecule has 3 nitrogen and oxygen atoms in total. The lowest BCUT2D eigenvalue weighted by Crippen LogP contribution is -2.35. The third-order valence-corrected chi connectivity index (χ3v) is 0.520. The minimum atomic E-state index is -4.89. The van der Waals surface area contributed by atoms with Gasteiger partial charge < -0.3 is 0 Å². The number of carbonyl (C=O) groups is 2. The van der Waals surface area contributed by atoms with Crippen LogP contribution in [-0.2, 0) is 9.59 Å². The Morgan fingerprint density at radius 2 is 1.44 bits per heavy atom. The second-order valence-corrected chi connectivity index (χ2v) is 1.09. The number of hydrogen-bond donors (Lipinski definition) is 0. The molecule has 0 radical (unpaired) electrons. The summed E-state index contributed by atoms with van der Waals surface area (Å²) in [5.74, 6) is 0. The van der Waals surface area contributed by atoms with E-state index in [1.54, 1.807) is 0 Å². The molecule has 0 aromatic carbocycles. The number of carbonyl (C=O) groups excluding carboxylic acids is 2. The molecule has 0 bridgehead atoms. The minimum Gasteiger partial charge on any atom is -0.278 e. The molecular weight excluding hydrogens is 139 g/mol. The number of alkyl halides is 3. The summed E-state index contributed by atoms with van der Waals surface area (Å²) in [6.45, 7) is 0. The Kier molecular flexibility index (Phi) is 2.18. The fourth-order valence-electron chi connectivity index (χ4n) is 0.144. The summed E-state index contributed by atoms with van der Waals surface area (Å²) < 4.78 is 33.6. The van der Waals surface area contributed by atoms with E-state index >= 15 is 0 Å². The van der Waals surface area contributed by atoms with Crippen molar-refractivity contribution in [2.24, 2.45) is 0 Å². The van der Waals surface area contributed by atoms with Gasteiger partial charge in [0.05, 0.1) is 0 Å². The quantitative estimate of drug-likeness (QED) is 0.404. The highest BCUT2D eigenvalue weighted by Gasteiger charge is 2.36. The average Bonchev–Trinajstić information content (AvgIpc) is 1.65. The number of hydrogen-bond acceptors (Lipinski definition) is 2. The molecule has 0 fully saturated rings. The van der Waals surface area contributed by atoms with E-state index in [9.17, 15) is 22.8 Å². The first-order valence-corrected chi connectivity index (χ1v) is 1.78. The first-order valence-electron chi connectivity index (χ1n) is 1.78. The summed E-state index contributed by atoms with van der Waals surface area (Å²) in [4.78, 5) is 17.8. The van der Waals surface area contributed by atoms with Crippen molar-refractivity contribution in [1.82, 2.24) is 4.90 Å². The molecule has 0 spiro atoms. The zero-order valence-corrected chi connectivity index (χ0v) is 4.05. The molecule has 0 unspecified atom stereocenters. The fourth-order valence-corrected chi connectivity index (χ4v) is 0.144. The van der Waals surface area contributed by atoms with E-state index in [0.29, 0.717) is 0 Å². The number of rotatable bonds is 2. The van der Waals surface area contributed by atoms with Gasteiger partial charge in [-0.05, 0) is 0 Å². The Balaban J connectivity index is 4.11. The van der Waals surface area contributed by atoms with Gasteiger partial charge in [0.2, 0.25) is 12.8 Å². The standard InChI is InChI=1S/C3H2F3NO2/c4-3(5,6)7(1-8)2-9/h1-2H. The molecule has 0 aliphatic rings. The molecule has 52 valence electrons. The first kappa shape index (κ1) is 7.93. The third kappa shape index (κ3) is 2.11. The van der Waals surface area contributed by atoms with E-state index in [1.165, 1.54) is 0 Å². The van der Waals surface area contributed by atoms with E-state index in [-0.39, 0.29) is 0 Å². The van der Waals surface area contributed by atoms with Crippen LogP contribution in [0.25, 0.3) is 0 Å². The SMILES string of the molecule is O=CN(C=O)C(F)(F)F. The minimum absolute atomic E-state index is 0.604. The summed E-state index contributed by atoms with van der Waals surface area (Å²) in [6, 6.07) is 0. The Hall–Kier alpha value is -1.07. The van der Waals surface area contributed by atoms with Crippen molar-refractivity contribution in [3.63, 3.8) is 0 Å². The highest BCUT2D eigenvalue weighted by Crippen LogP contribution is 2.16. The van der Waals surface area contributed by atoms with Gasteiger partial charge in [-0.15, -0.1) is 13.2 Å². The monoisotopic (exact) mass is 141 g/mol. The molecule has 0 saturated carbocycles. The van der Waals surface area contributed by atoms with E-state index in [0.717, 1.165) is 0 Å². The maximum Gasteiger partial charge on any atom is 0.493 e. The van der Waals surface area contributed by atoms with Crippen LogP contribution in [0, 0.1) is 0 Å². The largest absolute Gasteiger partial charge is 0.493 e. The van der Waals surface area contributed by atoms with Crippen LogP contribution < -0.4 is 0 Å². The van der Waals surface area contributed by atoms with E-state index < -0.39 is 24.0 Å². The van der Waals surface area contributed by atoms with Crippen molar-refractivity contribution in [1.29, 1.82) is 0 Å². The van der Waals surface area contributed by atoms with Crippen molar-refractivity contribution in [2.75, 3.05) is 0 Å². The Morgan fingerprint density at radius 3 is 1.44 bits per heavy atom. The molecule has 9 heavy (non-hydrogen) atoms. The van der Waals surface area contributed by atoms with Crippen LogP contribution in [0.1, 0.15) is 0 Å². The van der Waals surface area contributed by atoms with E-state index in [1.807, 2.05) is 0 Å². The molecule has 0 heterocycles. The molecule has 0 aromatic rings. The summed E-state index contributed by atoms with van der Waals surface area (Å²) in [5, 5.41) is 0. The molecule has 0 N–H and O–H groups in total. The molecule has 0 saturated heterocycles. The van der Waals surface area contributed by atoms with Gasteiger partial charge in [0.1, 0.15) is 0 Å². The van der Waals surface area contributed by atoms with E-state index in [2.05, 4.69) is 0 Å². The molecule has 0 aliphatic heterocycles. The topological polar surface area (TPSA) is 37.4 Å². The molecule has 0 rings (SSSR count). The van der Waals surface area contributed by atoms with Gasteiger partial charge >= 0.3 is 6.30 Å². The first-order chi connectivity index (χ1) is 4.02. The van der Waals surface area contributed by atoms with Gasteiger partial charge in [-0.2, -0.15) is 4.90 Å². The normalized spacial score (nSPS) is 10.6. The smallest absolute Gasteiger partial charge is 0.278 e. The zero-order chi connectivity index (χ0) is 7.49. The predicted molar refractivity (Wildman–Crippen MR) is 20.0 cm³/mol. The predicted octanol–water partition coefficient (Wildman–Crippen LogP) is 0.121. The third-order valence-electron chi connectivity index (χ3n) is 0.520. The van der Waals surface area contributed by atoms with Crippen molar-refractivity contribution in [2.45, 2.75) is 6.30 Å². The summed E-state index contributed by atoms with van der Waals surface area (Å²) in [6.07, 6.45) is -6.09. The van der Waals surface area contributed by atoms with Crippen LogP contribution in [0.3, 0.4) is 0 Å². The van der Waals surface area contributed by atoms with Crippen molar-refractivity contribution in [3.05, 3.63) is 0 Å². The van der Waals surface area contributed by atoms with Crippen molar-refractivity contribution in [3.8, 4) is 0 Å². The second-order valence-electron chi connectivity index (χ2n) is 1.09. The maximum atomic E-state index is 11.2. The van der Waals surface area contributed by atoms with Gasteiger partial charge in [-0.1, -0.05) is 0 Å². The lowest BCUT2D eigenvalue weighted by molar-refractivity contribution is -0.224. The van der Waals surface area contributed by atoms with Gasteiger partial charge in [0.15, 0.2) is 0 Å². The van der Waals surface area contributed by atoms with Crippen molar-refractivity contribution < 1.29 is 22.8 Å². The van der Waals surface area contributed by atoms with Crippen LogP contribution in [-0.4, -0.2) is 24.0 Å². The summed E-state index contributed by atoms with van der Waals surface area (Å²) >= 11 is 0. The Morgan fingerprint density at radius 1 is 1.11 bits per heavy atom. The van der Waals surface area contributed by atoms with Gasteiger partial charge in [0.25, 0.3) is 0 Å². The van der Waals surface area contributed by atoms with Crippen LogP contribution in [0.4, 0.5) is 13.2 Å². The maximum absolute atomic E-state index is 11.2. The molecule has 0 aromatic heterocycles. The molecule has 0 aliphatic carbocycles. The molecule has 6 heteroatoms.